The number of halogens is 1. The molecule has 2 aromatic rings. The number of aromatic nitrogens is 2. The van der Waals surface area contributed by atoms with Gasteiger partial charge >= 0.3 is 0 Å². The Balaban J connectivity index is 1.71. The number of anilines is 1. The van der Waals surface area contributed by atoms with E-state index in [-0.39, 0.29) is 11.6 Å². The van der Waals surface area contributed by atoms with E-state index in [0.29, 0.717) is 21.9 Å². The van der Waals surface area contributed by atoms with Crippen LogP contribution in [0.3, 0.4) is 0 Å². The summed E-state index contributed by atoms with van der Waals surface area (Å²) in [6, 6.07) is 5.31. The number of amides is 1. The van der Waals surface area contributed by atoms with E-state index in [1.54, 1.807) is 28.8 Å². The fourth-order valence-electron chi connectivity index (χ4n) is 2.70. The third kappa shape index (κ3) is 3.77. The van der Waals surface area contributed by atoms with E-state index >= 15 is 0 Å². The molecule has 2 heterocycles. The Morgan fingerprint density at radius 2 is 2.09 bits per heavy atom. The Kier molecular flexibility index (Phi) is 5.03. The van der Waals surface area contributed by atoms with Gasteiger partial charge in [-0.1, -0.05) is 19.3 Å². The Morgan fingerprint density at radius 3 is 2.83 bits per heavy atom. The molecular formula is C16H15BrN4OS. The number of nitrogens with one attached hydrogen (secondary N) is 1. The number of pyridine rings is 1. The van der Waals surface area contributed by atoms with Crippen LogP contribution in [-0.2, 0) is 0 Å². The monoisotopic (exact) mass is 390 g/mol. The first-order chi connectivity index (χ1) is 11.2. The molecule has 23 heavy (non-hydrogen) atoms. The lowest BCUT2D eigenvalue weighted by Gasteiger charge is -2.18. The van der Waals surface area contributed by atoms with Crippen molar-refractivity contribution in [2.75, 3.05) is 5.32 Å². The minimum Gasteiger partial charge on any atom is -0.305 e. The first-order valence-electron chi connectivity index (χ1n) is 7.51. The lowest BCUT2D eigenvalue weighted by molar-refractivity contribution is 0.102. The Hall–Kier alpha value is -1.78. The van der Waals surface area contributed by atoms with Crippen molar-refractivity contribution >= 4 is 39.0 Å². The molecule has 5 nitrogen and oxygen atoms in total. The summed E-state index contributed by atoms with van der Waals surface area (Å²) >= 11 is 4.79. The van der Waals surface area contributed by atoms with Crippen LogP contribution in [0.25, 0.3) is 0 Å². The van der Waals surface area contributed by atoms with Crippen molar-refractivity contribution in [3.63, 3.8) is 0 Å². The maximum atomic E-state index is 12.3. The van der Waals surface area contributed by atoms with E-state index < -0.39 is 0 Å². The molecule has 0 radical (unpaired) electrons. The molecule has 0 spiro atoms. The second-order valence-corrected chi connectivity index (χ2v) is 7.24. The molecule has 0 saturated heterocycles. The van der Waals surface area contributed by atoms with Crippen LogP contribution < -0.4 is 5.32 Å². The summed E-state index contributed by atoms with van der Waals surface area (Å²) in [4.78, 5) is 20.9. The molecule has 0 unspecified atom stereocenters. The smallest absolute Gasteiger partial charge is 0.276 e. The Morgan fingerprint density at radius 1 is 1.30 bits per heavy atom. The highest BCUT2D eigenvalue weighted by molar-refractivity contribution is 9.10. The molecule has 1 aliphatic rings. The molecule has 7 heteroatoms. The number of hydrogen-bond acceptors (Lipinski definition) is 5. The zero-order valence-corrected chi connectivity index (χ0v) is 14.8. The van der Waals surface area contributed by atoms with Crippen LogP contribution in [0.2, 0.25) is 0 Å². The van der Waals surface area contributed by atoms with Crippen molar-refractivity contribution in [2.45, 2.75) is 38.0 Å². The maximum Gasteiger partial charge on any atom is 0.276 e. The molecule has 1 saturated carbocycles. The van der Waals surface area contributed by atoms with Gasteiger partial charge in [0.15, 0.2) is 5.69 Å². The van der Waals surface area contributed by atoms with Gasteiger partial charge in [-0.25, -0.2) is 9.97 Å². The highest BCUT2D eigenvalue weighted by Gasteiger charge is 2.20. The van der Waals surface area contributed by atoms with Crippen molar-refractivity contribution in [3.8, 4) is 6.07 Å². The normalized spacial score (nSPS) is 15.1. The molecule has 0 aromatic carbocycles. The van der Waals surface area contributed by atoms with E-state index in [0.717, 1.165) is 17.8 Å². The number of nitriles is 1. The van der Waals surface area contributed by atoms with E-state index in [1.165, 1.54) is 19.3 Å². The average molecular weight is 391 g/mol. The van der Waals surface area contributed by atoms with E-state index in [9.17, 15) is 4.79 Å². The zero-order valence-electron chi connectivity index (χ0n) is 12.4. The average Bonchev–Trinajstić information content (AvgIpc) is 3.07. The summed E-state index contributed by atoms with van der Waals surface area (Å²) in [6.45, 7) is 0. The van der Waals surface area contributed by atoms with Crippen LogP contribution in [0.5, 0.6) is 0 Å². The Labute approximate surface area is 146 Å². The molecule has 118 valence electrons. The largest absolute Gasteiger partial charge is 0.305 e. The van der Waals surface area contributed by atoms with Crippen molar-refractivity contribution < 1.29 is 4.79 Å². The number of nitrogens with zero attached hydrogens (tertiary/aromatic N) is 3. The fourth-order valence-corrected chi connectivity index (χ4v) is 3.98. The van der Waals surface area contributed by atoms with Gasteiger partial charge in [0.25, 0.3) is 5.91 Å². The third-order valence-electron chi connectivity index (χ3n) is 3.90. The van der Waals surface area contributed by atoms with Gasteiger partial charge in [0.1, 0.15) is 17.6 Å². The van der Waals surface area contributed by atoms with Gasteiger partial charge in [0.2, 0.25) is 0 Å². The molecule has 3 rings (SSSR count). The molecule has 0 aliphatic heterocycles. The SMILES string of the molecule is N#Cc1nc(NC(=O)c2csc(C3CCCCC3)n2)ccc1Br. The van der Waals surface area contributed by atoms with Gasteiger partial charge in [-0.2, -0.15) is 5.26 Å². The number of carbonyl (C=O) groups is 1. The number of thiazole rings is 1. The van der Waals surface area contributed by atoms with Crippen LogP contribution in [-0.4, -0.2) is 15.9 Å². The molecule has 1 aliphatic carbocycles. The second-order valence-electron chi connectivity index (χ2n) is 5.50. The fraction of sp³-hybridized carbons (Fsp3) is 0.375. The molecular weight excluding hydrogens is 376 g/mol. The van der Waals surface area contributed by atoms with Crippen LogP contribution in [0.15, 0.2) is 22.0 Å². The van der Waals surface area contributed by atoms with E-state index in [1.807, 2.05) is 6.07 Å². The van der Waals surface area contributed by atoms with E-state index in [4.69, 9.17) is 5.26 Å². The van der Waals surface area contributed by atoms with Gasteiger partial charge in [-0.3, -0.25) is 4.79 Å². The van der Waals surface area contributed by atoms with Crippen molar-refractivity contribution in [1.82, 2.24) is 9.97 Å². The van der Waals surface area contributed by atoms with Gasteiger partial charge in [0.05, 0.1) is 9.48 Å². The zero-order chi connectivity index (χ0) is 16.2. The molecule has 1 amide bonds. The lowest BCUT2D eigenvalue weighted by atomic mass is 9.90. The topological polar surface area (TPSA) is 78.7 Å². The number of carbonyl (C=O) groups excluding carboxylic acids is 1. The van der Waals surface area contributed by atoms with Gasteiger partial charge in [-0.15, -0.1) is 11.3 Å². The molecule has 1 fully saturated rings. The van der Waals surface area contributed by atoms with Crippen LogP contribution in [0.4, 0.5) is 5.82 Å². The molecule has 0 atom stereocenters. The predicted molar refractivity (Wildman–Crippen MR) is 92.5 cm³/mol. The van der Waals surface area contributed by atoms with Crippen LogP contribution in [0.1, 0.15) is 59.2 Å². The minimum atomic E-state index is -0.290. The van der Waals surface area contributed by atoms with Gasteiger partial charge in [0, 0.05) is 11.3 Å². The summed E-state index contributed by atoms with van der Waals surface area (Å²) in [5, 5.41) is 14.5. The molecule has 1 N–H and O–H groups in total. The van der Waals surface area contributed by atoms with Crippen molar-refractivity contribution in [2.24, 2.45) is 0 Å². The molecule has 0 bridgehead atoms. The van der Waals surface area contributed by atoms with Crippen molar-refractivity contribution in [1.29, 1.82) is 5.26 Å². The highest BCUT2D eigenvalue weighted by Crippen LogP contribution is 2.34. The van der Waals surface area contributed by atoms with Gasteiger partial charge < -0.3 is 5.32 Å². The first-order valence-corrected chi connectivity index (χ1v) is 9.18. The summed E-state index contributed by atoms with van der Waals surface area (Å²) in [5.41, 5.74) is 0.655. The summed E-state index contributed by atoms with van der Waals surface area (Å²) in [6.07, 6.45) is 6.10. The highest BCUT2D eigenvalue weighted by atomic mass is 79.9. The predicted octanol–water partition coefficient (Wildman–Crippen LogP) is 4.47. The second kappa shape index (κ2) is 7.20. The number of rotatable bonds is 3. The standard InChI is InChI=1S/C16H15BrN4OS/c17-11-6-7-14(19-12(11)8-18)21-15(22)13-9-23-16(20-13)10-4-2-1-3-5-10/h6-7,9-10H,1-5H2,(H,19,21,22). The number of hydrogen-bond donors (Lipinski definition) is 1. The minimum absolute atomic E-state index is 0.240. The summed E-state index contributed by atoms with van der Waals surface area (Å²) in [7, 11) is 0. The maximum absolute atomic E-state index is 12.3. The van der Waals surface area contributed by atoms with Crippen LogP contribution in [0, 0.1) is 11.3 Å². The summed E-state index contributed by atoms with van der Waals surface area (Å²) in [5.74, 6) is 0.551. The van der Waals surface area contributed by atoms with Gasteiger partial charge in [-0.05, 0) is 40.9 Å². The lowest BCUT2D eigenvalue weighted by Crippen LogP contribution is -2.14. The van der Waals surface area contributed by atoms with E-state index in [2.05, 4.69) is 31.2 Å². The third-order valence-corrected chi connectivity index (χ3v) is 5.55. The molecule has 2 aromatic heterocycles. The quantitative estimate of drug-likeness (QED) is 0.837. The first kappa shape index (κ1) is 16.1. The Bertz CT molecular complexity index is 762. The summed E-state index contributed by atoms with van der Waals surface area (Å²) < 4.78 is 0.603. The van der Waals surface area contributed by atoms with Crippen molar-refractivity contribution in [3.05, 3.63) is 38.4 Å². The van der Waals surface area contributed by atoms with Crippen LogP contribution >= 0.6 is 27.3 Å².